The standard InChI is InChI=1S/C18H16Cl2N2O3/c1-2-25-16-6-4-3-5-12(16)7-10-17(23)21-22-18(24)14-11-13(19)8-9-15(14)20/h3-11H,2H2,1H3,(H,21,23)(H,22,24)/b10-7+. The van der Waals surface area contributed by atoms with Crippen molar-refractivity contribution in [3.05, 3.63) is 69.7 Å². The normalized spacial score (nSPS) is 10.5. The molecule has 130 valence electrons. The molecule has 0 bridgehead atoms. The van der Waals surface area contributed by atoms with Gasteiger partial charge in [-0.3, -0.25) is 20.4 Å². The van der Waals surface area contributed by atoms with E-state index in [-0.39, 0.29) is 10.6 Å². The SMILES string of the molecule is CCOc1ccccc1/C=C/C(=O)NNC(=O)c1cc(Cl)ccc1Cl. The summed E-state index contributed by atoms with van der Waals surface area (Å²) in [5.74, 6) is -0.398. The summed E-state index contributed by atoms with van der Waals surface area (Å²) in [5, 5.41) is 0.602. The Morgan fingerprint density at radius 3 is 2.64 bits per heavy atom. The minimum absolute atomic E-state index is 0.167. The molecule has 0 aromatic heterocycles. The van der Waals surface area contributed by atoms with Crippen LogP contribution in [-0.2, 0) is 4.79 Å². The van der Waals surface area contributed by atoms with Crippen LogP contribution in [0.2, 0.25) is 10.0 Å². The van der Waals surface area contributed by atoms with E-state index in [1.807, 2.05) is 31.2 Å². The second-order valence-corrected chi connectivity index (χ2v) is 5.72. The van der Waals surface area contributed by atoms with Crippen LogP contribution in [0.25, 0.3) is 6.08 Å². The number of benzene rings is 2. The number of nitrogens with one attached hydrogen (secondary N) is 2. The Morgan fingerprint density at radius 2 is 1.88 bits per heavy atom. The minimum atomic E-state index is -0.566. The zero-order valence-electron chi connectivity index (χ0n) is 13.4. The Bertz CT molecular complexity index is 807. The number of halogens is 2. The zero-order chi connectivity index (χ0) is 18.2. The number of hydrogen-bond acceptors (Lipinski definition) is 3. The van der Waals surface area contributed by atoms with E-state index in [2.05, 4.69) is 10.9 Å². The molecule has 25 heavy (non-hydrogen) atoms. The highest BCUT2D eigenvalue weighted by Crippen LogP contribution is 2.20. The molecule has 0 radical (unpaired) electrons. The summed E-state index contributed by atoms with van der Waals surface area (Å²) in [5.41, 5.74) is 5.48. The van der Waals surface area contributed by atoms with E-state index in [9.17, 15) is 9.59 Å². The third-order valence-corrected chi connectivity index (χ3v) is 3.67. The van der Waals surface area contributed by atoms with Gasteiger partial charge in [0.2, 0.25) is 0 Å². The number of carbonyl (C=O) groups excluding carboxylic acids is 2. The smallest absolute Gasteiger partial charge is 0.271 e. The molecule has 0 spiro atoms. The van der Waals surface area contributed by atoms with Gasteiger partial charge in [-0.15, -0.1) is 0 Å². The molecule has 0 fully saturated rings. The lowest BCUT2D eigenvalue weighted by atomic mass is 10.2. The summed E-state index contributed by atoms with van der Waals surface area (Å²) >= 11 is 11.8. The second kappa shape index (κ2) is 9.11. The van der Waals surface area contributed by atoms with Crippen molar-refractivity contribution in [2.24, 2.45) is 0 Å². The topological polar surface area (TPSA) is 67.4 Å². The first kappa shape index (κ1) is 18.8. The van der Waals surface area contributed by atoms with Crippen LogP contribution in [0.3, 0.4) is 0 Å². The maximum absolute atomic E-state index is 12.0. The van der Waals surface area contributed by atoms with E-state index < -0.39 is 11.8 Å². The van der Waals surface area contributed by atoms with Crippen molar-refractivity contribution in [1.82, 2.24) is 10.9 Å². The van der Waals surface area contributed by atoms with Crippen molar-refractivity contribution in [1.29, 1.82) is 0 Å². The van der Waals surface area contributed by atoms with Gasteiger partial charge in [-0.05, 0) is 37.3 Å². The number of amides is 2. The number of rotatable bonds is 5. The Labute approximate surface area is 155 Å². The molecule has 0 atom stereocenters. The molecular formula is C18H16Cl2N2O3. The van der Waals surface area contributed by atoms with E-state index in [0.717, 1.165) is 5.56 Å². The van der Waals surface area contributed by atoms with Crippen molar-refractivity contribution in [2.45, 2.75) is 6.92 Å². The number of carbonyl (C=O) groups is 2. The fourth-order valence-electron chi connectivity index (χ4n) is 1.97. The summed E-state index contributed by atoms with van der Waals surface area (Å²) < 4.78 is 5.47. The minimum Gasteiger partial charge on any atom is -0.493 e. The van der Waals surface area contributed by atoms with Crippen LogP contribution < -0.4 is 15.6 Å². The highest BCUT2D eigenvalue weighted by Gasteiger charge is 2.11. The molecule has 2 aromatic carbocycles. The first-order chi connectivity index (χ1) is 12.0. The van der Waals surface area contributed by atoms with Gasteiger partial charge in [-0.1, -0.05) is 41.4 Å². The summed E-state index contributed by atoms with van der Waals surface area (Å²) in [7, 11) is 0. The van der Waals surface area contributed by atoms with E-state index in [4.69, 9.17) is 27.9 Å². The van der Waals surface area contributed by atoms with Crippen LogP contribution in [0.5, 0.6) is 5.75 Å². The van der Waals surface area contributed by atoms with Gasteiger partial charge < -0.3 is 4.74 Å². The van der Waals surface area contributed by atoms with Crippen LogP contribution in [0.4, 0.5) is 0 Å². The maximum atomic E-state index is 12.0. The third kappa shape index (κ3) is 5.52. The van der Waals surface area contributed by atoms with Crippen molar-refractivity contribution in [2.75, 3.05) is 6.61 Å². The molecule has 0 saturated heterocycles. The molecule has 0 saturated carbocycles. The molecule has 5 nitrogen and oxygen atoms in total. The van der Waals surface area contributed by atoms with Gasteiger partial charge in [0, 0.05) is 16.7 Å². The Balaban J connectivity index is 1.97. The number of hydrogen-bond donors (Lipinski definition) is 2. The highest BCUT2D eigenvalue weighted by atomic mass is 35.5. The van der Waals surface area contributed by atoms with Gasteiger partial charge >= 0.3 is 0 Å². The van der Waals surface area contributed by atoms with E-state index in [0.29, 0.717) is 17.4 Å². The fraction of sp³-hybridized carbons (Fsp3) is 0.111. The molecular weight excluding hydrogens is 363 g/mol. The lowest BCUT2D eigenvalue weighted by Crippen LogP contribution is -2.40. The second-order valence-electron chi connectivity index (χ2n) is 4.87. The van der Waals surface area contributed by atoms with Gasteiger partial charge in [0.25, 0.3) is 11.8 Å². The molecule has 0 aliphatic heterocycles. The largest absolute Gasteiger partial charge is 0.493 e. The van der Waals surface area contributed by atoms with Gasteiger partial charge in [0.1, 0.15) is 5.75 Å². The molecule has 2 N–H and O–H groups in total. The first-order valence-electron chi connectivity index (χ1n) is 7.46. The van der Waals surface area contributed by atoms with E-state index in [1.165, 1.54) is 18.2 Å². The quantitative estimate of drug-likeness (QED) is 0.612. The van der Waals surface area contributed by atoms with Crippen LogP contribution in [-0.4, -0.2) is 18.4 Å². The maximum Gasteiger partial charge on any atom is 0.271 e. The molecule has 2 rings (SSSR count). The van der Waals surface area contributed by atoms with Gasteiger partial charge in [-0.2, -0.15) is 0 Å². The van der Waals surface area contributed by atoms with Crippen molar-refractivity contribution < 1.29 is 14.3 Å². The third-order valence-electron chi connectivity index (χ3n) is 3.11. The van der Waals surface area contributed by atoms with Gasteiger partial charge in [-0.25, -0.2) is 0 Å². The van der Waals surface area contributed by atoms with Crippen LogP contribution in [0.15, 0.2) is 48.5 Å². The molecule has 7 heteroatoms. The predicted molar refractivity (Wildman–Crippen MR) is 98.7 cm³/mol. The van der Waals surface area contributed by atoms with Gasteiger partial charge in [0.05, 0.1) is 17.2 Å². The molecule has 0 heterocycles. The van der Waals surface area contributed by atoms with Crippen LogP contribution >= 0.6 is 23.2 Å². The molecule has 2 aromatic rings. The summed E-state index contributed by atoms with van der Waals surface area (Å²) in [6, 6.07) is 11.8. The lowest BCUT2D eigenvalue weighted by Gasteiger charge is -2.08. The van der Waals surface area contributed by atoms with Crippen LogP contribution in [0, 0.1) is 0 Å². The lowest BCUT2D eigenvalue weighted by molar-refractivity contribution is -0.117. The van der Waals surface area contributed by atoms with Crippen LogP contribution in [0.1, 0.15) is 22.8 Å². The number of hydrazine groups is 1. The van der Waals surface area contributed by atoms with E-state index in [1.54, 1.807) is 12.1 Å². The Morgan fingerprint density at radius 1 is 1.12 bits per heavy atom. The summed E-state index contributed by atoms with van der Waals surface area (Å²) in [6.45, 7) is 2.40. The first-order valence-corrected chi connectivity index (χ1v) is 8.22. The van der Waals surface area contributed by atoms with Gasteiger partial charge in [0.15, 0.2) is 0 Å². The number of ether oxygens (including phenoxy) is 1. The fourth-order valence-corrected chi connectivity index (χ4v) is 2.34. The Hall–Kier alpha value is -2.50. The van der Waals surface area contributed by atoms with Crippen molar-refractivity contribution in [3.8, 4) is 5.75 Å². The van der Waals surface area contributed by atoms with Crippen molar-refractivity contribution >= 4 is 41.1 Å². The molecule has 0 aliphatic rings. The monoisotopic (exact) mass is 378 g/mol. The van der Waals surface area contributed by atoms with E-state index >= 15 is 0 Å². The average molecular weight is 379 g/mol. The molecule has 2 amide bonds. The summed E-state index contributed by atoms with van der Waals surface area (Å²) in [6.07, 6.45) is 2.89. The Kier molecular flexibility index (Phi) is 6.86. The van der Waals surface area contributed by atoms with Crippen molar-refractivity contribution in [3.63, 3.8) is 0 Å². The highest BCUT2D eigenvalue weighted by molar-refractivity contribution is 6.35. The molecule has 0 aliphatic carbocycles. The zero-order valence-corrected chi connectivity index (χ0v) is 14.9. The predicted octanol–water partition coefficient (Wildman–Crippen LogP) is 3.87. The molecule has 0 unspecified atom stereocenters. The average Bonchev–Trinajstić information content (AvgIpc) is 2.61. The summed E-state index contributed by atoms with van der Waals surface area (Å²) in [4.78, 5) is 23.9. The number of para-hydroxylation sites is 1.